The number of likely N-dealkylation sites (N-methyl/N-ethyl adjacent to an activating group) is 1. The highest BCUT2D eigenvalue weighted by Gasteiger charge is 2.34. The zero-order chi connectivity index (χ0) is 13.3. The van der Waals surface area contributed by atoms with E-state index in [1.54, 1.807) is 4.90 Å². The van der Waals surface area contributed by atoms with E-state index in [2.05, 4.69) is 15.9 Å². The first kappa shape index (κ1) is 12.9. The summed E-state index contributed by atoms with van der Waals surface area (Å²) >= 11 is 3.36. The summed E-state index contributed by atoms with van der Waals surface area (Å²) in [6.07, 6.45) is 0. The van der Waals surface area contributed by atoms with Crippen LogP contribution in [0.1, 0.15) is 0 Å². The van der Waals surface area contributed by atoms with Crippen molar-refractivity contribution in [2.75, 3.05) is 25.0 Å². The van der Waals surface area contributed by atoms with Crippen LogP contribution in [0.25, 0.3) is 0 Å². The lowest BCUT2D eigenvalue weighted by Crippen LogP contribution is -2.57. The number of carboxylic acids is 1. The number of halogens is 1. The van der Waals surface area contributed by atoms with Crippen molar-refractivity contribution < 1.29 is 14.7 Å². The molecule has 0 spiro atoms. The van der Waals surface area contributed by atoms with E-state index in [0.717, 1.165) is 10.2 Å². The second kappa shape index (κ2) is 4.97. The number of aliphatic carboxylic acids is 1. The summed E-state index contributed by atoms with van der Waals surface area (Å²) in [6, 6.07) is 6.68. The molecule has 1 heterocycles. The highest BCUT2D eigenvalue weighted by molar-refractivity contribution is 9.10. The minimum absolute atomic E-state index is 0.186. The number of carboxylic acid groups (broad SMARTS) is 1. The standard InChI is InChI=1S/C12H13BrN2O3/c1-14-10(12(17)18)6-15(7-11(14)16)9-4-2-3-8(13)5-9/h2-5,10H,6-7H2,1H3,(H,17,18). The van der Waals surface area contributed by atoms with Gasteiger partial charge in [0.15, 0.2) is 0 Å². The van der Waals surface area contributed by atoms with E-state index in [0.29, 0.717) is 6.54 Å². The van der Waals surface area contributed by atoms with Crippen molar-refractivity contribution in [2.45, 2.75) is 6.04 Å². The number of piperazine rings is 1. The Bertz CT molecular complexity index is 492. The van der Waals surface area contributed by atoms with Gasteiger partial charge in [-0.1, -0.05) is 22.0 Å². The van der Waals surface area contributed by atoms with Gasteiger partial charge < -0.3 is 14.9 Å². The van der Waals surface area contributed by atoms with E-state index in [1.807, 2.05) is 24.3 Å². The van der Waals surface area contributed by atoms with Crippen molar-refractivity contribution in [3.63, 3.8) is 0 Å². The molecule has 0 aliphatic carbocycles. The predicted molar refractivity (Wildman–Crippen MR) is 70.5 cm³/mol. The molecule has 0 saturated carbocycles. The van der Waals surface area contributed by atoms with Crippen LogP contribution in [-0.4, -0.2) is 48.1 Å². The van der Waals surface area contributed by atoms with Crippen molar-refractivity contribution in [1.82, 2.24) is 4.90 Å². The molecule has 0 bridgehead atoms. The molecule has 0 aromatic heterocycles. The highest BCUT2D eigenvalue weighted by Crippen LogP contribution is 2.22. The largest absolute Gasteiger partial charge is 0.480 e. The zero-order valence-corrected chi connectivity index (χ0v) is 11.4. The molecule has 1 aliphatic rings. The molecule has 0 radical (unpaired) electrons. The SMILES string of the molecule is CN1C(=O)CN(c2cccc(Br)c2)CC1C(=O)O. The molecule has 6 heteroatoms. The quantitative estimate of drug-likeness (QED) is 0.891. The van der Waals surface area contributed by atoms with Crippen molar-refractivity contribution in [2.24, 2.45) is 0 Å². The van der Waals surface area contributed by atoms with Gasteiger partial charge in [0.1, 0.15) is 6.04 Å². The molecule has 18 heavy (non-hydrogen) atoms. The minimum atomic E-state index is -0.981. The van der Waals surface area contributed by atoms with Crippen LogP contribution in [0.3, 0.4) is 0 Å². The lowest BCUT2D eigenvalue weighted by molar-refractivity contribution is -0.149. The fourth-order valence-electron chi connectivity index (χ4n) is 1.96. The smallest absolute Gasteiger partial charge is 0.328 e. The molecule has 1 unspecified atom stereocenters. The predicted octanol–water partition coefficient (Wildman–Crippen LogP) is 1.18. The van der Waals surface area contributed by atoms with Crippen molar-refractivity contribution in [1.29, 1.82) is 0 Å². The van der Waals surface area contributed by atoms with Crippen LogP contribution in [-0.2, 0) is 9.59 Å². The third-order valence-electron chi connectivity index (χ3n) is 3.04. The number of anilines is 1. The maximum atomic E-state index is 11.8. The Hall–Kier alpha value is -1.56. The molecule has 2 rings (SSSR count). The van der Waals surface area contributed by atoms with Crippen LogP contribution in [0.15, 0.2) is 28.7 Å². The first-order chi connectivity index (χ1) is 8.49. The fourth-order valence-corrected chi connectivity index (χ4v) is 2.34. The fraction of sp³-hybridized carbons (Fsp3) is 0.333. The maximum absolute atomic E-state index is 11.8. The average Bonchev–Trinajstić information content (AvgIpc) is 2.32. The molecule has 5 nitrogen and oxygen atoms in total. The van der Waals surface area contributed by atoms with Gasteiger partial charge in [0.2, 0.25) is 5.91 Å². The van der Waals surface area contributed by atoms with Crippen molar-refractivity contribution in [3.8, 4) is 0 Å². The van der Waals surface area contributed by atoms with E-state index in [-0.39, 0.29) is 12.5 Å². The van der Waals surface area contributed by atoms with Crippen LogP contribution in [0.2, 0.25) is 0 Å². The Labute approximate surface area is 113 Å². The maximum Gasteiger partial charge on any atom is 0.328 e. The summed E-state index contributed by atoms with van der Waals surface area (Å²) in [5, 5.41) is 9.12. The number of carbonyl (C=O) groups excluding carboxylic acids is 1. The minimum Gasteiger partial charge on any atom is -0.480 e. The molecule has 96 valence electrons. The first-order valence-electron chi connectivity index (χ1n) is 5.48. The monoisotopic (exact) mass is 312 g/mol. The van der Waals surface area contributed by atoms with Gasteiger partial charge in [-0.15, -0.1) is 0 Å². The van der Waals surface area contributed by atoms with Crippen LogP contribution < -0.4 is 4.90 Å². The molecular formula is C12H13BrN2O3. The summed E-state index contributed by atoms with van der Waals surface area (Å²) in [6.45, 7) is 0.505. The summed E-state index contributed by atoms with van der Waals surface area (Å²) in [4.78, 5) is 26.0. The van der Waals surface area contributed by atoms with Crippen molar-refractivity contribution in [3.05, 3.63) is 28.7 Å². The topological polar surface area (TPSA) is 60.9 Å². The molecule has 1 amide bonds. The number of nitrogens with zero attached hydrogens (tertiary/aromatic N) is 2. The number of carbonyl (C=O) groups is 2. The molecule has 1 aromatic carbocycles. The Morgan fingerprint density at radius 2 is 2.22 bits per heavy atom. The van der Waals surface area contributed by atoms with Crippen LogP contribution in [0, 0.1) is 0 Å². The summed E-state index contributed by atoms with van der Waals surface area (Å²) < 4.78 is 0.901. The van der Waals surface area contributed by atoms with Crippen LogP contribution in [0.4, 0.5) is 5.69 Å². The Kier molecular flexibility index (Phi) is 3.56. The first-order valence-corrected chi connectivity index (χ1v) is 6.27. The Morgan fingerprint density at radius 1 is 1.50 bits per heavy atom. The van der Waals surface area contributed by atoms with Gasteiger partial charge in [0, 0.05) is 23.8 Å². The summed E-state index contributed by atoms with van der Waals surface area (Å²) in [5.74, 6) is -1.17. The molecule has 1 N–H and O–H groups in total. The molecule has 1 atom stereocenters. The van der Waals surface area contributed by atoms with Crippen molar-refractivity contribution >= 4 is 33.5 Å². The Balaban J connectivity index is 2.25. The van der Waals surface area contributed by atoms with E-state index >= 15 is 0 Å². The second-order valence-electron chi connectivity index (χ2n) is 4.22. The number of hydrogen-bond donors (Lipinski definition) is 1. The van der Waals surface area contributed by atoms with E-state index in [1.165, 1.54) is 11.9 Å². The highest BCUT2D eigenvalue weighted by atomic mass is 79.9. The van der Waals surface area contributed by atoms with Gasteiger partial charge >= 0.3 is 5.97 Å². The van der Waals surface area contributed by atoms with E-state index in [9.17, 15) is 9.59 Å². The van der Waals surface area contributed by atoms with Gasteiger partial charge in [-0.25, -0.2) is 4.79 Å². The number of hydrogen-bond acceptors (Lipinski definition) is 3. The summed E-state index contributed by atoms with van der Waals surface area (Å²) in [5.41, 5.74) is 0.845. The average molecular weight is 313 g/mol. The van der Waals surface area contributed by atoms with Gasteiger partial charge in [-0.05, 0) is 18.2 Å². The molecule has 1 aliphatic heterocycles. The van der Waals surface area contributed by atoms with Gasteiger partial charge in [-0.2, -0.15) is 0 Å². The lowest BCUT2D eigenvalue weighted by atomic mass is 10.1. The lowest BCUT2D eigenvalue weighted by Gasteiger charge is -2.38. The van der Waals surface area contributed by atoms with Crippen LogP contribution >= 0.6 is 15.9 Å². The van der Waals surface area contributed by atoms with E-state index in [4.69, 9.17) is 5.11 Å². The summed E-state index contributed by atoms with van der Waals surface area (Å²) in [7, 11) is 1.53. The number of rotatable bonds is 2. The molecular weight excluding hydrogens is 300 g/mol. The van der Waals surface area contributed by atoms with E-state index < -0.39 is 12.0 Å². The molecule has 1 fully saturated rings. The Morgan fingerprint density at radius 3 is 2.83 bits per heavy atom. The third-order valence-corrected chi connectivity index (χ3v) is 3.53. The number of benzene rings is 1. The number of amides is 1. The second-order valence-corrected chi connectivity index (χ2v) is 5.13. The molecule has 1 aromatic rings. The van der Waals surface area contributed by atoms with Gasteiger partial charge in [0.05, 0.1) is 6.54 Å². The third kappa shape index (κ3) is 2.48. The van der Waals surface area contributed by atoms with Gasteiger partial charge in [-0.3, -0.25) is 4.79 Å². The van der Waals surface area contributed by atoms with Crippen LogP contribution in [0.5, 0.6) is 0 Å². The van der Waals surface area contributed by atoms with Gasteiger partial charge in [0.25, 0.3) is 0 Å². The molecule has 1 saturated heterocycles. The normalized spacial score (nSPS) is 20.1. The zero-order valence-electron chi connectivity index (χ0n) is 9.84.